The number of fused-ring (bicyclic) bond motifs is 1. The molecule has 0 radical (unpaired) electrons. The molecule has 1 aromatic carbocycles. The summed E-state index contributed by atoms with van der Waals surface area (Å²) in [6.07, 6.45) is 8.02. The topological polar surface area (TPSA) is 71.3 Å². The molecule has 2 aliphatic rings. The fourth-order valence-electron chi connectivity index (χ4n) is 4.44. The fourth-order valence-corrected chi connectivity index (χ4v) is 4.44. The number of aromatic nitrogens is 2. The maximum Gasteiger partial charge on any atom is 0.328 e. The summed E-state index contributed by atoms with van der Waals surface area (Å²) in [5.74, 6) is 0. The van der Waals surface area contributed by atoms with Crippen LogP contribution in [-0.4, -0.2) is 34.3 Å². The number of nitrogens with zero attached hydrogens (tertiary/aromatic N) is 3. The van der Waals surface area contributed by atoms with Crippen LogP contribution in [-0.2, 0) is 14.1 Å². The van der Waals surface area contributed by atoms with E-state index in [0.29, 0.717) is 0 Å². The van der Waals surface area contributed by atoms with E-state index in [1.165, 1.54) is 19.3 Å². The first-order valence-electron chi connectivity index (χ1n) is 10.1. The minimum Gasteiger partial charge on any atom is -0.370 e. The molecule has 0 atom stereocenters. The Morgan fingerprint density at radius 3 is 2.26 bits per heavy atom. The predicted molar refractivity (Wildman–Crippen MR) is 109 cm³/mol. The summed E-state index contributed by atoms with van der Waals surface area (Å²) in [4.78, 5) is 27.3. The van der Waals surface area contributed by atoms with Gasteiger partial charge in [0.05, 0.1) is 22.4 Å². The molecule has 0 bridgehead atoms. The number of amides is 2. The second-order valence-electron chi connectivity index (χ2n) is 7.89. The van der Waals surface area contributed by atoms with Gasteiger partial charge >= 0.3 is 11.7 Å². The average Bonchev–Trinajstić information content (AvgIpc) is 3.25. The molecule has 2 N–H and O–H groups in total. The van der Waals surface area contributed by atoms with E-state index < -0.39 is 0 Å². The fraction of sp³-hybridized carbons (Fsp3) is 0.600. The first-order valence-corrected chi connectivity index (χ1v) is 10.1. The number of carbonyl (C=O) groups is 1. The number of rotatable bonds is 3. The minimum atomic E-state index is -0.152. The van der Waals surface area contributed by atoms with Crippen molar-refractivity contribution >= 4 is 28.4 Å². The molecule has 1 aliphatic carbocycles. The van der Waals surface area contributed by atoms with Gasteiger partial charge in [0.2, 0.25) is 0 Å². The lowest BCUT2D eigenvalue weighted by Crippen LogP contribution is -2.37. The van der Waals surface area contributed by atoms with Gasteiger partial charge in [0.1, 0.15) is 0 Å². The van der Waals surface area contributed by atoms with Crippen LogP contribution in [0.15, 0.2) is 16.9 Å². The zero-order chi connectivity index (χ0) is 19.0. The number of nitrogens with one attached hydrogen (secondary N) is 2. The first kappa shape index (κ1) is 17.9. The second-order valence-corrected chi connectivity index (χ2v) is 7.89. The van der Waals surface area contributed by atoms with Crippen molar-refractivity contribution in [3.05, 3.63) is 22.6 Å². The summed E-state index contributed by atoms with van der Waals surface area (Å²) in [5, 5.41) is 6.16. The van der Waals surface area contributed by atoms with Crippen LogP contribution in [0.2, 0.25) is 0 Å². The number of hydrogen-bond donors (Lipinski definition) is 2. The van der Waals surface area contributed by atoms with E-state index >= 15 is 0 Å². The maximum atomic E-state index is 12.6. The van der Waals surface area contributed by atoms with Crippen LogP contribution in [0.5, 0.6) is 0 Å². The Bertz CT molecular complexity index is 901. The minimum absolute atomic E-state index is 0.0536. The molecular formula is C20H29N5O2. The van der Waals surface area contributed by atoms with Gasteiger partial charge in [-0.3, -0.25) is 9.13 Å². The molecule has 2 fully saturated rings. The third kappa shape index (κ3) is 3.42. The van der Waals surface area contributed by atoms with Crippen molar-refractivity contribution < 1.29 is 4.79 Å². The number of urea groups is 1. The summed E-state index contributed by atoms with van der Waals surface area (Å²) in [6, 6.07) is 4.11. The molecule has 7 heteroatoms. The molecule has 2 amide bonds. The summed E-state index contributed by atoms with van der Waals surface area (Å²) in [5.41, 5.74) is 3.46. The van der Waals surface area contributed by atoms with Gasteiger partial charge in [0.15, 0.2) is 0 Å². The Labute approximate surface area is 159 Å². The predicted octanol–water partition coefficient (Wildman–Crippen LogP) is 2.93. The van der Waals surface area contributed by atoms with E-state index in [2.05, 4.69) is 15.5 Å². The van der Waals surface area contributed by atoms with Crippen molar-refractivity contribution in [1.82, 2.24) is 14.5 Å². The maximum absolute atomic E-state index is 12.6. The molecule has 0 unspecified atom stereocenters. The van der Waals surface area contributed by atoms with Crippen LogP contribution in [0.3, 0.4) is 0 Å². The Hall–Kier alpha value is -2.44. The molecule has 1 aromatic heterocycles. The van der Waals surface area contributed by atoms with Crippen LogP contribution in [0.4, 0.5) is 16.2 Å². The van der Waals surface area contributed by atoms with Crippen LogP contribution in [0.25, 0.3) is 11.0 Å². The lowest BCUT2D eigenvalue weighted by molar-refractivity contribution is 0.248. The highest BCUT2D eigenvalue weighted by Gasteiger charge is 2.21. The second kappa shape index (κ2) is 7.29. The number of aryl methyl sites for hydroxylation is 2. The number of hydrogen-bond acceptors (Lipinski definition) is 3. The van der Waals surface area contributed by atoms with E-state index in [0.717, 1.165) is 61.2 Å². The van der Waals surface area contributed by atoms with Crippen LogP contribution in [0, 0.1) is 0 Å². The lowest BCUT2D eigenvalue weighted by Gasteiger charge is -2.31. The highest BCUT2D eigenvalue weighted by atomic mass is 16.2. The molecule has 0 spiro atoms. The number of benzene rings is 1. The molecule has 2 heterocycles. The van der Waals surface area contributed by atoms with Crippen molar-refractivity contribution in [3.8, 4) is 0 Å². The Kier molecular flexibility index (Phi) is 4.85. The van der Waals surface area contributed by atoms with Gasteiger partial charge < -0.3 is 15.5 Å². The zero-order valence-corrected chi connectivity index (χ0v) is 16.3. The third-order valence-electron chi connectivity index (χ3n) is 6.02. The summed E-state index contributed by atoms with van der Waals surface area (Å²) < 4.78 is 3.31. The van der Waals surface area contributed by atoms with E-state index in [1.54, 1.807) is 23.2 Å². The standard InChI is InChI=1S/C20H29N5O2/c1-23-17-12-15(22-19(26)21-14-8-4-5-9-14)16(25-10-6-3-7-11-25)13-18(17)24(2)20(23)27/h12-14H,3-11H2,1-2H3,(H2,21,22,26). The quantitative estimate of drug-likeness (QED) is 0.871. The summed E-state index contributed by atoms with van der Waals surface area (Å²) in [7, 11) is 3.57. The van der Waals surface area contributed by atoms with Gasteiger partial charge in [0, 0.05) is 33.2 Å². The third-order valence-corrected chi connectivity index (χ3v) is 6.02. The Morgan fingerprint density at radius 1 is 0.963 bits per heavy atom. The van der Waals surface area contributed by atoms with E-state index in [9.17, 15) is 9.59 Å². The number of piperidine rings is 1. The molecule has 1 saturated carbocycles. The molecule has 4 rings (SSSR count). The number of imidazole rings is 1. The zero-order valence-electron chi connectivity index (χ0n) is 16.3. The molecular weight excluding hydrogens is 342 g/mol. The number of carbonyl (C=O) groups excluding carboxylic acids is 1. The van der Waals surface area contributed by atoms with E-state index in [4.69, 9.17) is 0 Å². The molecule has 1 saturated heterocycles. The van der Waals surface area contributed by atoms with Gasteiger partial charge in [0.25, 0.3) is 0 Å². The van der Waals surface area contributed by atoms with Crippen LogP contribution in [0.1, 0.15) is 44.9 Å². The normalized spacial score (nSPS) is 18.2. The molecule has 7 nitrogen and oxygen atoms in total. The van der Waals surface area contributed by atoms with Crippen molar-refractivity contribution in [1.29, 1.82) is 0 Å². The van der Waals surface area contributed by atoms with Crippen LogP contribution >= 0.6 is 0 Å². The largest absolute Gasteiger partial charge is 0.370 e. The van der Waals surface area contributed by atoms with E-state index in [-0.39, 0.29) is 17.8 Å². The van der Waals surface area contributed by atoms with Crippen molar-refractivity contribution in [2.75, 3.05) is 23.3 Å². The highest BCUT2D eigenvalue weighted by Crippen LogP contribution is 2.33. The van der Waals surface area contributed by atoms with Gasteiger partial charge in [-0.05, 0) is 44.2 Å². The summed E-state index contributed by atoms with van der Waals surface area (Å²) >= 11 is 0. The first-order chi connectivity index (χ1) is 13.0. The monoisotopic (exact) mass is 371 g/mol. The van der Waals surface area contributed by atoms with Gasteiger partial charge in [-0.25, -0.2) is 9.59 Å². The van der Waals surface area contributed by atoms with Gasteiger partial charge in [-0.1, -0.05) is 12.8 Å². The Morgan fingerprint density at radius 2 is 1.59 bits per heavy atom. The summed E-state index contributed by atoms with van der Waals surface area (Å²) in [6.45, 7) is 1.95. The SMILES string of the molecule is Cn1c(=O)n(C)c2cc(N3CCCCC3)c(NC(=O)NC3CCCC3)cc21. The Balaban J connectivity index is 1.70. The highest BCUT2D eigenvalue weighted by molar-refractivity contribution is 5.98. The average molecular weight is 371 g/mol. The van der Waals surface area contributed by atoms with Crippen LogP contribution < -0.4 is 21.2 Å². The molecule has 146 valence electrons. The van der Waals surface area contributed by atoms with Crippen molar-refractivity contribution in [3.63, 3.8) is 0 Å². The lowest BCUT2D eigenvalue weighted by atomic mass is 10.1. The molecule has 2 aromatic rings. The molecule has 27 heavy (non-hydrogen) atoms. The number of anilines is 2. The smallest absolute Gasteiger partial charge is 0.328 e. The van der Waals surface area contributed by atoms with E-state index in [1.807, 2.05) is 12.1 Å². The van der Waals surface area contributed by atoms with Gasteiger partial charge in [-0.15, -0.1) is 0 Å². The van der Waals surface area contributed by atoms with Crippen molar-refractivity contribution in [2.45, 2.75) is 51.0 Å². The molecule has 1 aliphatic heterocycles. The van der Waals surface area contributed by atoms with Gasteiger partial charge in [-0.2, -0.15) is 0 Å². The van der Waals surface area contributed by atoms with Crippen molar-refractivity contribution in [2.24, 2.45) is 14.1 Å².